The first kappa shape index (κ1) is 15.6. The zero-order valence-electron chi connectivity index (χ0n) is 13.2. The lowest BCUT2D eigenvalue weighted by molar-refractivity contribution is -0.137. The molecule has 1 N–H and O–H groups in total. The highest BCUT2D eigenvalue weighted by atomic mass is 19.4. The van der Waals surface area contributed by atoms with Crippen molar-refractivity contribution >= 4 is 16.6 Å². The van der Waals surface area contributed by atoms with Gasteiger partial charge < -0.3 is 14.8 Å². The van der Waals surface area contributed by atoms with Gasteiger partial charge in [-0.1, -0.05) is 18.2 Å². The molecule has 7 heteroatoms. The Hall–Kier alpha value is -2.96. The van der Waals surface area contributed by atoms with E-state index < -0.39 is 11.7 Å². The highest BCUT2D eigenvalue weighted by Crippen LogP contribution is 2.30. The molecule has 3 aromatic rings. The summed E-state index contributed by atoms with van der Waals surface area (Å²) >= 11 is 0. The third kappa shape index (κ3) is 3.05. The van der Waals surface area contributed by atoms with E-state index in [1.54, 1.807) is 0 Å². The number of fused-ring (bicyclic) bond motifs is 1. The van der Waals surface area contributed by atoms with Crippen LogP contribution in [0, 0.1) is 0 Å². The number of aromatic nitrogens is 2. The number of aromatic amines is 1. The van der Waals surface area contributed by atoms with E-state index in [2.05, 4.69) is 20.9 Å². The predicted octanol–water partition coefficient (Wildman–Crippen LogP) is 4.33. The molecule has 2 aromatic heterocycles. The summed E-state index contributed by atoms with van der Waals surface area (Å²) in [5.41, 5.74) is 2.00. The Bertz CT molecular complexity index is 912. The maximum Gasteiger partial charge on any atom is 0.417 e. The van der Waals surface area contributed by atoms with E-state index in [0.717, 1.165) is 28.9 Å². The van der Waals surface area contributed by atoms with E-state index in [1.165, 1.54) is 6.07 Å². The number of alkyl halides is 3. The summed E-state index contributed by atoms with van der Waals surface area (Å²) in [4.78, 5) is 11.2. The largest absolute Gasteiger partial charge is 0.417 e. The van der Waals surface area contributed by atoms with Crippen LogP contribution in [0.1, 0.15) is 11.3 Å². The summed E-state index contributed by atoms with van der Waals surface area (Å²) in [6.45, 7) is 1.07. The number of pyridine rings is 1. The first-order chi connectivity index (χ1) is 12.0. The minimum Gasteiger partial charge on any atom is -0.359 e. The minimum absolute atomic E-state index is 0.452. The fourth-order valence-electron chi connectivity index (χ4n) is 2.91. The van der Waals surface area contributed by atoms with Crippen LogP contribution in [0.15, 0.2) is 61.2 Å². The number of halogens is 3. The normalized spacial score (nSPS) is 14.7. The molecule has 0 unspecified atom stereocenters. The van der Waals surface area contributed by atoms with Gasteiger partial charge >= 0.3 is 6.18 Å². The van der Waals surface area contributed by atoms with Crippen LogP contribution in [0.5, 0.6) is 0 Å². The van der Waals surface area contributed by atoms with E-state index in [4.69, 9.17) is 0 Å². The molecule has 128 valence electrons. The van der Waals surface area contributed by atoms with Gasteiger partial charge in [0.25, 0.3) is 0 Å². The number of hydrogen-bond acceptors (Lipinski definition) is 3. The molecule has 0 amide bonds. The molecule has 0 bridgehead atoms. The van der Waals surface area contributed by atoms with Crippen LogP contribution in [-0.2, 0) is 12.7 Å². The molecule has 0 aliphatic carbocycles. The highest BCUT2D eigenvalue weighted by Gasteiger charge is 2.30. The summed E-state index contributed by atoms with van der Waals surface area (Å²) in [7, 11) is 0. The predicted molar refractivity (Wildman–Crippen MR) is 89.6 cm³/mol. The Balaban J connectivity index is 1.46. The van der Waals surface area contributed by atoms with Crippen molar-refractivity contribution in [3.8, 4) is 0 Å². The molecule has 1 aliphatic heterocycles. The first-order valence-electron chi connectivity index (χ1n) is 7.78. The van der Waals surface area contributed by atoms with Crippen molar-refractivity contribution in [1.82, 2.24) is 14.9 Å². The number of nitrogens with zero attached hydrogens (tertiary/aromatic N) is 3. The fraction of sp³-hybridized carbons (Fsp3) is 0.167. The fourth-order valence-corrected chi connectivity index (χ4v) is 2.91. The smallest absolute Gasteiger partial charge is 0.359 e. The van der Waals surface area contributed by atoms with Crippen molar-refractivity contribution in [3.63, 3.8) is 0 Å². The molecule has 0 saturated heterocycles. The van der Waals surface area contributed by atoms with Crippen molar-refractivity contribution in [2.45, 2.75) is 12.7 Å². The van der Waals surface area contributed by atoms with Crippen molar-refractivity contribution in [2.24, 2.45) is 0 Å². The summed E-state index contributed by atoms with van der Waals surface area (Å²) in [5.74, 6) is 0. The lowest BCUT2D eigenvalue weighted by Gasteiger charge is -2.20. The number of para-hydroxylation sites is 1. The zero-order chi connectivity index (χ0) is 17.4. The second kappa shape index (κ2) is 5.84. The van der Waals surface area contributed by atoms with E-state index in [9.17, 15) is 13.2 Å². The zero-order valence-corrected chi connectivity index (χ0v) is 13.2. The highest BCUT2D eigenvalue weighted by molar-refractivity contribution is 5.93. The third-order valence-corrected chi connectivity index (χ3v) is 4.19. The van der Waals surface area contributed by atoms with Gasteiger partial charge in [0.05, 0.1) is 30.2 Å². The summed E-state index contributed by atoms with van der Waals surface area (Å²) < 4.78 is 37.8. The second-order valence-electron chi connectivity index (χ2n) is 5.91. The molecule has 0 atom stereocenters. The average molecular weight is 344 g/mol. The summed E-state index contributed by atoms with van der Waals surface area (Å²) in [6.07, 6.45) is 2.35. The molecular formula is C18H15F3N4. The van der Waals surface area contributed by atoms with Gasteiger partial charge in [0.1, 0.15) is 0 Å². The first-order valence-corrected chi connectivity index (χ1v) is 7.78. The quantitative estimate of drug-likeness (QED) is 0.768. The Kier molecular flexibility index (Phi) is 3.63. The van der Waals surface area contributed by atoms with Crippen LogP contribution in [0.25, 0.3) is 10.9 Å². The maximum atomic E-state index is 12.6. The minimum atomic E-state index is -4.36. The van der Waals surface area contributed by atoms with Crippen LogP contribution in [-0.4, -0.2) is 21.5 Å². The molecule has 4 nitrogen and oxygen atoms in total. The number of rotatable bonds is 3. The van der Waals surface area contributed by atoms with Crippen LogP contribution in [0.2, 0.25) is 0 Å². The monoisotopic (exact) mass is 344 g/mol. The van der Waals surface area contributed by atoms with Gasteiger partial charge in [0.2, 0.25) is 0 Å². The van der Waals surface area contributed by atoms with Gasteiger partial charge in [0.15, 0.2) is 0 Å². The molecule has 0 fully saturated rings. The molecule has 25 heavy (non-hydrogen) atoms. The molecule has 3 heterocycles. The van der Waals surface area contributed by atoms with Crippen LogP contribution >= 0.6 is 0 Å². The van der Waals surface area contributed by atoms with E-state index in [1.807, 2.05) is 41.7 Å². The van der Waals surface area contributed by atoms with E-state index in [-0.39, 0.29) is 0 Å². The van der Waals surface area contributed by atoms with Gasteiger partial charge in [0, 0.05) is 35.7 Å². The standard InChI is InChI=1S/C18H15F3N4/c19-18(20,21)13-5-6-14(22-9-13)11-24-7-8-25(12-24)17-10-23-16-4-2-1-3-15(16)17/h1-10,23H,11-12H2. The van der Waals surface area contributed by atoms with Gasteiger partial charge in [-0.2, -0.15) is 13.2 Å². The van der Waals surface area contributed by atoms with Gasteiger partial charge in [-0.25, -0.2) is 0 Å². The Morgan fingerprint density at radius 2 is 1.92 bits per heavy atom. The number of anilines is 1. The molecule has 0 radical (unpaired) electrons. The lowest BCUT2D eigenvalue weighted by Crippen LogP contribution is -2.24. The van der Waals surface area contributed by atoms with Gasteiger partial charge in [-0.15, -0.1) is 0 Å². The maximum absolute atomic E-state index is 12.6. The van der Waals surface area contributed by atoms with Crippen molar-refractivity contribution in [3.05, 3.63) is 72.4 Å². The third-order valence-electron chi connectivity index (χ3n) is 4.19. The number of hydrogen-bond donors (Lipinski definition) is 1. The molecule has 0 saturated carbocycles. The van der Waals surface area contributed by atoms with Crippen molar-refractivity contribution < 1.29 is 13.2 Å². The SMILES string of the molecule is FC(F)(F)c1ccc(CN2C=CN(c3c[nH]c4ccccc34)C2)nc1. The van der Waals surface area contributed by atoms with Gasteiger partial charge in [-0.3, -0.25) is 4.98 Å². The summed E-state index contributed by atoms with van der Waals surface area (Å²) in [6, 6.07) is 10.5. The van der Waals surface area contributed by atoms with Crippen molar-refractivity contribution in [2.75, 3.05) is 11.6 Å². The number of nitrogens with one attached hydrogen (secondary N) is 1. The Morgan fingerprint density at radius 3 is 2.68 bits per heavy atom. The molecular weight excluding hydrogens is 329 g/mol. The van der Waals surface area contributed by atoms with Gasteiger partial charge in [-0.05, 0) is 18.2 Å². The molecule has 1 aromatic carbocycles. The molecule has 1 aliphatic rings. The van der Waals surface area contributed by atoms with Crippen LogP contribution < -0.4 is 4.90 Å². The topological polar surface area (TPSA) is 35.2 Å². The number of benzene rings is 1. The van der Waals surface area contributed by atoms with Crippen molar-refractivity contribution in [1.29, 1.82) is 0 Å². The molecule has 4 rings (SSSR count). The molecule has 0 spiro atoms. The van der Waals surface area contributed by atoms with Crippen LogP contribution in [0.3, 0.4) is 0 Å². The lowest BCUT2D eigenvalue weighted by atomic mass is 10.2. The Labute approximate surface area is 142 Å². The average Bonchev–Trinajstić information content (AvgIpc) is 3.21. The van der Waals surface area contributed by atoms with Crippen LogP contribution in [0.4, 0.5) is 18.9 Å². The Morgan fingerprint density at radius 1 is 1.08 bits per heavy atom. The van der Waals surface area contributed by atoms with E-state index in [0.29, 0.717) is 18.9 Å². The van der Waals surface area contributed by atoms with E-state index >= 15 is 0 Å². The number of H-pyrrole nitrogens is 1. The second-order valence-corrected chi connectivity index (χ2v) is 5.91. The summed E-state index contributed by atoms with van der Waals surface area (Å²) in [5, 5.41) is 1.13.